The summed E-state index contributed by atoms with van der Waals surface area (Å²) in [6.07, 6.45) is 6.11. The van der Waals surface area contributed by atoms with Crippen molar-refractivity contribution in [1.82, 2.24) is 9.97 Å². The van der Waals surface area contributed by atoms with Crippen LogP contribution in [0.15, 0.2) is 18.5 Å². The lowest BCUT2D eigenvalue weighted by Crippen LogP contribution is -1.93. The molecule has 1 aromatic rings. The fraction of sp³-hybridized carbons (Fsp3) is 0.143. The Morgan fingerprint density at radius 3 is 2.64 bits per heavy atom. The van der Waals surface area contributed by atoms with E-state index in [0.29, 0.717) is 12.4 Å². The molecule has 0 amide bonds. The maximum absolute atomic E-state index is 8.81. The summed E-state index contributed by atoms with van der Waals surface area (Å²) in [5.41, 5.74) is 5.21. The highest BCUT2D eigenvalue weighted by atomic mass is 16.3. The summed E-state index contributed by atoms with van der Waals surface area (Å²) in [6, 6.07) is 0. The molecule has 0 atom stereocenters. The molecule has 0 aliphatic carbocycles. The first-order valence-electron chi connectivity index (χ1n) is 3.20. The van der Waals surface area contributed by atoms with Crippen molar-refractivity contribution < 1.29 is 5.11 Å². The van der Waals surface area contributed by atoms with Gasteiger partial charge in [-0.15, -0.1) is 0 Å². The van der Waals surface area contributed by atoms with Gasteiger partial charge in [0, 0.05) is 6.54 Å². The van der Waals surface area contributed by atoms with Crippen LogP contribution in [0.3, 0.4) is 0 Å². The number of rotatable bonds is 2. The molecule has 0 aliphatic rings. The predicted octanol–water partition coefficient (Wildman–Crippen LogP) is 0.154. The van der Waals surface area contributed by atoms with Crippen molar-refractivity contribution in [1.29, 1.82) is 0 Å². The molecular formula is C7H9N3O. The molecule has 1 heterocycles. The van der Waals surface area contributed by atoms with E-state index in [1.807, 2.05) is 0 Å². The van der Waals surface area contributed by atoms with Crippen molar-refractivity contribution in [3.05, 3.63) is 24.3 Å². The largest absolute Gasteiger partial charge is 0.505 e. The van der Waals surface area contributed by atoms with Gasteiger partial charge in [0.05, 0.1) is 12.4 Å². The Bertz CT molecular complexity index is 242. The lowest BCUT2D eigenvalue weighted by molar-refractivity contribution is 0.469. The van der Waals surface area contributed by atoms with Gasteiger partial charge in [-0.2, -0.15) is 0 Å². The first kappa shape index (κ1) is 7.68. The van der Waals surface area contributed by atoms with Crippen molar-refractivity contribution >= 4 is 6.08 Å². The molecule has 0 unspecified atom stereocenters. The highest BCUT2D eigenvalue weighted by Gasteiger charge is 1.88. The van der Waals surface area contributed by atoms with Crippen LogP contribution in [0.1, 0.15) is 5.82 Å². The molecule has 0 fully saturated rings. The Morgan fingerprint density at radius 1 is 1.45 bits per heavy atom. The van der Waals surface area contributed by atoms with Crippen LogP contribution in [0.4, 0.5) is 0 Å². The number of aromatic hydroxyl groups is 1. The van der Waals surface area contributed by atoms with Crippen molar-refractivity contribution in [2.45, 2.75) is 0 Å². The van der Waals surface area contributed by atoms with E-state index in [0.717, 1.165) is 0 Å². The minimum atomic E-state index is 0.0647. The zero-order chi connectivity index (χ0) is 8.10. The Balaban J connectivity index is 2.73. The van der Waals surface area contributed by atoms with Crippen LogP contribution in [0.25, 0.3) is 6.08 Å². The molecule has 0 spiro atoms. The molecule has 0 saturated carbocycles. The normalized spacial score (nSPS) is 10.6. The number of aromatic nitrogens is 2. The van der Waals surface area contributed by atoms with Gasteiger partial charge in [-0.05, 0) is 6.08 Å². The summed E-state index contributed by atoms with van der Waals surface area (Å²) in [7, 11) is 0. The summed E-state index contributed by atoms with van der Waals surface area (Å²) < 4.78 is 0. The third-order valence-corrected chi connectivity index (χ3v) is 1.06. The lowest BCUT2D eigenvalue weighted by atomic mass is 10.4. The highest BCUT2D eigenvalue weighted by Crippen LogP contribution is 2.02. The molecule has 3 N–H and O–H groups in total. The van der Waals surface area contributed by atoms with Gasteiger partial charge in [0.1, 0.15) is 0 Å². The molecule has 0 aromatic carbocycles. The summed E-state index contributed by atoms with van der Waals surface area (Å²) in [5, 5.41) is 8.81. The van der Waals surface area contributed by atoms with Crippen LogP contribution in [0, 0.1) is 0 Å². The van der Waals surface area contributed by atoms with Gasteiger partial charge in [-0.1, -0.05) is 6.08 Å². The molecule has 58 valence electrons. The van der Waals surface area contributed by atoms with E-state index in [4.69, 9.17) is 10.8 Å². The average Bonchev–Trinajstić information content (AvgIpc) is 2.04. The van der Waals surface area contributed by atoms with Crippen molar-refractivity contribution in [3.63, 3.8) is 0 Å². The summed E-state index contributed by atoms with van der Waals surface area (Å²) in [6.45, 7) is 0.463. The summed E-state index contributed by atoms with van der Waals surface area (Å²) in [5.74, 6) is 0.614. The molecule has 11 heavy (non-hydrogen) atoms. The fourth-order valence-corrected chi connectivity index (χ4v) is 0.591. The monoisotopic (exact) mass is 151 g/mol. The number of nitrogens with two attached hydrogens (primary N) is 1. The molecule has 0 aliphatic heterocycles. The zero-order valence-electron chi connectivity index (χ0n) is 5.94. The first-order valence-corrected chi connectivity index (χ1v) is 3.20. The van der Waals surface area contributed by atoms with E-state index in [1.54, 1.807) is 12.2 Å². The van der Waals surface area contributed by atoms with Crippen molar-refractivity contribution in [2.75, 3.05) is 6.54 Å². The molecular weight excluding hydrogens is 142 g/mol. The lowest BCUT2D eigenvalue weighted by Gasteiger charge is -1.90. The van der Waals surface area contributed by atoms with Gasteiger partial charge >= 0.3 is 0 Å². The van der Waals surface area contributed by atoms with E-state index in [1.165, 1.54) is 12.4 Å². The van der Waals surface area contributed by atoms with Crippen LogP contribution in [0.2, 0.25) is 0 Å². The second-order valence-electron chi connectivity index (χ2n) is 1.94. The van der Waals surface area contributed by atoms with E-state index in [-0.39, 0.29) is 5.75 Å². The summed E-state index contributed by atoms with van der Waals surface area (Å²) in [4.78, 5) is 7.62. The number of hydrogen-bond donors (Lipinski definition) is 2. The maximum atomic E-state index is 8.81. The van der Waals surface area contributed by atoms with Crippen LogP contribution < -0.4 is 5.73 Å². The molecule has 4 nitrogen and oxygen atoms in total. The van der Waals surface area contributed by atoms with E-state index < -0.39 is 0 Å². The Kier molecular flexibility index (Phi) is 2.57. The minimum absolute atomic E-state index is 0.0647. The van der Waals surface area contributed by atoms with Gasteiger partial charge < -0.3 is 10.8 Å². The van der Waals surface area contributed by atoms with Crippen molar-refractivity contribution in [2.24, 2.45) is 5.73 Å². The molecule has 4 heteroatoms. The van der Waals surface area contributed by atoms with E-state index in [2.05, 4.69) is 9.97 Å². The topological polar surface area (TPSA) is 72.0 Å². The maximum Gasteiger partial charge on any atom is 0.152 e. The number of hydrogen-bond acceptors (Lipinski definition) is 4. The second-order valence-corrected chi connectivity index (χ2v) is 1.94. The van der Waals surface area contributed by atoms with Gasteiger partial charge in [0.25, 0.3) is 0 Å². The van der Waals surface area contributed by atoms with Crippen LogP contribution in [-0.2, 0) is 0 Å². The second kappa shape index (κ2) is 3.68. The van der Waals surface area contributed by atoms with E-state index in [9.17, 15) is 0 Å². The van der Waals surface area contributed by atoms with Crippen LogP contribution >= 0.6 is 0 Å². The SMILES string of the molecule is NCC=Cc1ncc(O)cn1. The molecule has 0 radical (unpaired) electrons. The smallest absolute Gasteiger partial charge is 0.152 e. The Labute approximate surface area is 64.4 Å². The van der Waals surface area contributed by atoms with Gasteiger partial charge in [0.15, 0.2) is 11.6 Å². The standard InChI is InChI=1S/C7H9N3O/c8-3-1-2-7-9-4-6(11)5-10-7/h1-2,4-5,11H,3,8H2. The van der Waals surface area contributed by atoms with E-state index >= 15 is 0 Å². The molecule has 1 aromatic heterocycles. The average molecular weight is 151 g/mol. The predicted molar refractivity (Wildman–Crippen MR) is 41.8 cm³/mol. The van der Waals surface area contributed by atoms with Gasteiger partial charge in [-0.3, -0.25) is 0 Å². The molecule has 0 bridgehead atoms. The third-order valence-electron chi connectivity index (χ3n) is 1.06. The molecule has 0 saturated heterocycles. The summed E-state index contributed by atoms with van der Waals surface area (Å²) >= 11 is 0. The fourth-order valence-electron chi connectivity index (χ4n) is 0.591. The zero-order valence-corrected chi connectivity index (χ0v) is 5.94. The third kappa shape index (κ3) is 2.35. The number of nitrogens with zero attached hydrogens (tertiary/aromatic N) is 2. The van der Waals surface area contributed by atoms with Crippen LogP contribution in [0.5, 0.6) is 5.75 Å². The Morgan fingerprint density at radius 2 is 2.09 bits per heavy atom. The highest BCUT2D eigenvalue weighted by molar-refractivity contribution is 5.39. The van der Waals surface area contributed by atoms with Crippen molar-refractivity contribution in [3.8, 4) is 5.75 Å². The Hall–Kier alpha value is -1.42. The van der Waals surface area contributed by atoms with Gasteiger partial charge in [-0.25, -0.2) is 9.97 Å². The minimum Gasteiger partial charge on any atom is -0.505 e. The van der Waals surface area contributed by atoms with Crippen LogP contribution in [-0.4, -0.2) is 21.6 Å². The van der Waals surface area contributed by atoms with Gasteiger partial charge in [0.2, 0.25) is 0 Å². The molecule has 1 rings (SSSR count). The quantitative estimate of drug-likeness (QED) is 0.631. The first-order chi connectivity index (χ1) is 5.33.